The third kappa shape index (κ3) is 6.54. The molecular formula is C25H27F3N4O3. The Morgan fingerprint density at radius 1 is 1.06 bits per heavy atom. The van der Waals surface area contributed by atoms with Crippen molar-refractivity contribution in [3.63, 3.8) is 0 Å². The predicted octanol–water partition coefficient (Wildman–Crippen LogP) is 4.60. The number of carbonyl (C=O) groups is 1. The van der Waals surface area contributed by atoms with E-state index in [4.69, 9.17) is 9.47 Å². The van der Waals surface area contributed by atoms with Gasteiger partial charge in [0.15, 0.2) is 6.61 Å². The number of ether oxygens (including phenoxy) is 2. The lowest BCUT2D eigenvalue weighted by molar-refractivity contribution is -0.137. The van der Waals surface area contributed by atoms with Gasteiger partial charge < -0.3 is 14.8 Å². The molecule has 1 aromatic heterocycles. The van der Waals surface area contributed by atoms with Gasteiger partial charge in [0.05, 0.1) is 11.3 Å². The molecule has 0 aliphatic carbocycles. The molecule has 1 amide bonds. The zero-order valence-electron chi connectivity index (χ0n) is 19.3. The van der Waals surface area contributed by atoms with E-state index in [9.17, 15) is 18.0 Å². The zero-order chi connectivity index (χ0) is 24.8. The number of carbonyl (C=O) groups excluding carboxylic acids is 1. The highest BCUT2D eigenvalue weighted by Crippen LogP contribution is 2.33. The zero-order valence-corrected chi connectivity index (χ0v) is 19.3. The molecule has 2 aromatic carbocycles. The van der Waals surface area contributed by atoms with Crippen LogP contribution in [0.3, 0.4) is 0 Å². The summed E-state index contributed by atoms with van der Waals surface area (Å²) in [7, 11) is 1.83. The predicted molar refractivity (Wildman–Crippen MR) is 125 cm³/mol. The molecule has 7 nitrogen and oxygen atoms in total. The molecular weight excluding hydrogens is 461 g/mol. The summed E-state index contributed by atoms with van der Waals surface area (Å²) in [5, 5.41) is 6.99. The molecule has 0 saturated carbocycles. The lowest BCUT2D eigenvalue weighted by Crippen LogP contribution is -2.25. The minimum absolute atomic E-state index is 0.172. The molecule has 1 aliphatic heterocycles. The number of amides is 1. The number of rotatable bonds is 9. The number of hydrogen-bond donors (Lipinski definition) is 1. The molecule has 2 heterocycles. The fraction of sp³-hybridized carbons (Fsp3) is 0.360. The van der Waals surface area contributed by atoms with E-state index >= 15 is 0 Å². The Morgan fingerprint density at radius 2 is 1.80 bits per heavy atom. The van der Waals surface area contributed by atoms with Crippen LogP contribution in [0.4, 0.5) is 18.9 Å². The number of halogens is 3. The largest absolute Gasteiger partial charge is 0.492 e. The first kappa shape index (κ1) is 24.6. The van der Waals surface area contributed by atoms with Gasteiger partial charge >= 0.3 is 6.18 Å². The van der Waals surface area contributed by atoms with Gasteiger partial charge in [-0.2, -0.15) is 18.3 Å². The second-order valence-electron chi connectivity index (χ2n) is 8.31. The maximum absolute atomic E-state index is 12.7. The minimum Gasteiger partial charge on any atom is -0.492 e. The van der Waals surface area contributed by atoms with E-state index in [1.54, 1.807) is 29.1 Å². The highest BCUT2D eigenvalue weighted by molar-refractivity contribution is 5.93. The van der Waals surface area contributed by atoms with Crippen molar-refractivity contribution >= 4 is 11.6 Å². The quantitative estimate of drug-likeness (QED) is 0.477. The van der Waals surface area contributed by atoms with Crippen LogP contribution in [0, 0.1) is 0 Å². The molecule has 0 atom stereocenters. The van der Waals surface area contributed by atoms with Gasteiger partial charge in [-0.05, 0) is 74.5 Å². The van der Waals surface area contributed by atoms with E-state index < -0.39 is 17.6 Å². The van der Waals surface area contributed by atoms with E-state index in [-0.39, 0.29) is 12.4 Å². The molecule has 1 saturated heterocycles. The third-order valence-corrected chi connectivity index (χ3v) is 5.78. The highest BCUT2D eigenvalue weighted by Gasteiger charge is 2.30. The number of aryl methyl sites for hydroxylation is 1. The minimum atomic E-state index is -4.43. The van der Waals surface area contributed by atoms with Crippen LogP contribution in [0.1, 0.15) is 18.4 Å². The average Bonchev–Trinajstić information content (AvgIpc) is 3.50. The number of benzene rings is 2. The van der Waals surface area contributed by atoms with Gasteiger partial charge in [0.1, 0.15) is 18.1 Å². The average molecular weight is 489 g/mol. The van der Waals surface area contributed by atoms with E-state index in [0.29, 0.717) is 18.0 Å². The van der Waals surface area contributed by atoms with Gasteiger partial charge in [0.25, 0.3) is 5.91 Å². The summed E-state index contributed by atoms with van der Waals surface area (Å²) in [5.41, 5.74) is 1.38. The number of likely N-dealkylation sites (tertiary alicyclic amines) is 1. The Balaban J connectivity index is 1.39. The third-order valence-electron chi connectivity index (χ3n) is 5.78. The molecule has 1 N–H and O–H groups in total. The van der Waals surface area contributed by atoms with Gasteiger partial charge in [0, 0.05) is 31.0 Å². The van der Waals surface area contributed by atoms with Gasteiger partial charge in [-0.15, -0.1) is 0 Å². The van der Waals surface area contributed by atoms with Crippen LogP contribution >= 0.6 is 0 Å². The Morgan fingerprint density at radius 3 is 2.46 bits per heavy atom. The molecule has 186 valence electrons. The summed E-state index contributed by atoms with van der Waals surface area (Å²) in [6.07, 6.45) is -0.299. The van der Waals surface area contributed by atoms with Crippen LogP contribution < -0.4 is 14.8 Å². The molecule has 10 heteroatoms. The van der Waals surface area contributed by atoms with Crippen LogP contribution in [0.15, 0.2) is 54.7 Å². The summed E-state index contributed by atoms with van der Waals surface area (Å²) >= 11 is 0. The Kier molecular flexibility index (Phi) is 7.60. The second-order valence-corrected chi connectivity index (χ2v) is 8.31. The molecule has 0 bridgehead atoms. The van der Waals surface area contributed by atoms with Crippen molar-refractivity contribution in [1.29, 1.82) is 0 Å². The van der Waals surface area contributed by atoms with E-state index in [0.717, 1.165) is 43.0 Å². The van der Waals surface area contributed by atoms with Crippen molar-refractivity contribution in [2.45, 2.75) is 19.0 Å². The SMILES string of the molecule is Cn1nccc1-c1cc(NC(=O)COc2ccc(C(F)(F)F)cc2)ccc1OCCN1CCCC1. The van der Waals surface area contributed by atoms with Crippen molar-refractivity contribution in [1.82, 2.24) is 14.7 Å². The first-order valence-corrected chi connectivity index (χ1v) is 11.4. The topological polar surface area (TPSA) is 68.6 Å². The van der Waals surface area contributed by atoms with Gasteiger partial charge in [0.2, 0.25) is 0 Å². The number of alkyl halides is 3. The summed E-state index contributed by atoms with van der Waals surface area (Å²) in [4.78, 5) is 14.8. The molecule has 1 aliphatic rings. The number of aromatic nitrogens is 2. The maximum atomic E-state index is 12.7. The van der Waals surface area contributed by atoms with Gasteiger partial charge in [-0.1, -0.05) is 0 Å². The van der Waals surface area contributed by atoms with Gasteiger partial charge in [-0.25, -0.2) is 0 Å². The fourth-order valence-electron chi connectivity index (χ4n) is 3.95. The van der Waals surface area contributed by atoms with Crippen LogP contribution in [0.2, 0.25) is 0 Å². The van der Waals surface area contributed by atoms with Crippen molar-refractivity contribution < 1.29 is 27.4 Å². The Hall–Kier alpha value is -3.53. The molecule has 0 unspecified atom stereocenters. The summed E-state index contributed by atoms with van der Waals surface area (Å²) in [6, 6.07) is 11.4. The lowest BCUT2D eigenvalue weighted by Gasteiger charge is -2.17. The van der Waals surface area contributed by atoms with E-state index in [1.807, 2.05) is 13.1 Å². The van der Waals surface area contributed by atoms with Crippen molar-refractivity contribution in [3.05, 3.63) is 60.3 Å². The molecule has 4 rings (SSSR count). The standard InChI is InChI=1S/C25H27F3N4O3/c1-31-22(10-11-29-31)21-16-19(6-9-23(21)34-15-14-32-12-2-3-13-32)30-24(33)17-35-20-7-4-18(5-8-20)25(26,27)28/h4-11,16H,2-3,12-15,17H2,1H3,(H,30,33). The number of anilines is 1. The van der Waals surface area contributed by atoms with E-state index in [1.165, 1.54) is 25.0 Å². The highest BCUT2D eigenvalue weighted by atomic mass is 19.4. The first-order valence-electron chi connectivity index (χ1n) is 11.4. The number of nitrogens with one attached hydrogen (secondary N) is 1. The van der Waals surface area contributed by atoms with Crippen molar-refractivity contribution in [2.75, 3.05) is 38.2 Å². The van der Waals surface area contributed by atoms with Crippen LogP contribution in [-0.4, -0.2) is 53.4 Å². The molecule has 1 fully saturated rings. The van der Waals surface area contributed by atoms with Crippen LogP contribution in [0.5, 0.6) is 11.5 Å². The normalized spacial score (nSPS) is 14.2. The first-order chi connectivity index (χ1) is 16.8. The summed E-state index contributed by atoms with van der Waals surface area (Å²) < 4.78 is 51.2. The monoisotopic (exact) mass is 488 g/mol. The molecule has 0 radical (unpaired) electrons. The smallest absolute Gasteiger partial charge is 0.416 e. The maximum Gasteiger partial charge on any atom is 0.416 e. The van der Waals surface area contributed by atoms with Crippen LogP contribution in [-0.2, 0) is 18.0 Å². The van der Waals surface area contributed by atoms with Crippen LogP contribution in [0.25, 0.3) is 11.3 Å². The molecule has 35 heavy (non-hydrogen) atoms. The number of nitrogens with zero attached hydrogens (tertiary/aromatic N) is 3. The van der Waals surface area contributed by atoms with Crippen molar-refractivity contribution in [3.8, 4) is 22.8 Å². The van der Waals surface area contributed by atoms with E-state index in [2.05, 4.69) is 15.3 Å². The summed E-state index contributed by atoms with van der Waals surface area (Å²) in [5.74, 6) is 0.417. The Labute approximate surface area is 201 Å². The second kappa shape index (κ2) is 10.8. The lowest BCUT2D eigenvalue weighted by atomic mass is 10.1. The van der Waals surface area contributed by atoms with Crippen molar-refractivity contribution in [2.24, 2.45) is 7.05 Å². The molecule has 3 aromatic rings. The van der Waals surface area contributed by atoms with Gasteiger partial charge in [-0.3, -0.25) is 14.4 Å². The molecule has 0 spiro atoms. The summed E-state index contributed by atoms with van der Waals surface area (Å²) in [6.45, 7) is 3.25. The Bertz CT molecular complexity index is 1140. The fourth-order valence-corrected chi connectivity index (χ4v) is 3.95. The number of hydrogen-bond acceptors (Lipinski definition) is 5.